The Kier molecular flexibility index (Phi) is 6.22. The maximum atomic E-state index is 11.6. The number of carbonyl (C=O) groups excluding carboxylic acids is 1. The van der Waals surface area contributed by atoms with Crippen LogP contribution in [0.5, 0.6) is 0 Å². The Balaban J connectivity index is 2.33. The van der Waals surface area contributed by atoms with E-state index in [1.165, 1.54) is 0 Å². The zero-order chi connectivity index (χ0) is 13.4. The van der Waals surface area contributed by atoms with E-state index >= 15 is 0 Å². The largest absolute Gasteiger partial charge is 0.399 e. The number of rotatable bonds is 7. The predicted molar refractivity (Wildman–Crippen MR) is 74.6 cm³/mol. The quantitative estimate of drug-likeness (QED) is 0.577. The van der Waals surface area contributed by atoms with Crippen molar-refractivity contribution in [2.24, 2.45) is 0 Å². The van der Waals surface area contributed by atoms with E-state index < -0.39 is 0 Å². The van der Waals surface area contributed by atoms with Gasteiger partial charge >= 0.3 is 0 Å². The number of benzene rings is 1. The monoisotopic (exact) mass is 250 g/mol. The van der Waals surface area contributed by atoms with Gasteiger partial charge in [-0.1, -0.05) is 25.8 Å². The molecule has 0 spiro atoms. The molecular formula is C14H22N2O2. The Morgan fingerprint density at radius 3 is 2.89 bits per heavy atom. The van der Waals surface area contributed by atoms with Gasteiger partial charge in [-0.2, -0.15) is 0 Å². The number of unbranched alkanes of at least 4 members (excludes halogenated alkanes) is 2. The first-order chi connectivity index (χ1) is 8.63. The summed E-state index contributed by atoms with van der Waals surface area (Å²) in [5.74, 6) is -0.139. The van der Waals surface area contributed by atoms with Gasteiger partial charge in [0.05, 0.1) is 0 Å². The molecule has 1 aromatic rings. The summed E-state index contributed by atoms with van der Waals surface area (Å²) in [5.41, 5.74) is 8.05. The number of anilines is 2. The minimum Gasteiger partial charge on any atom is -0.399 e. The van der Waals surface area contributed by atoms with Gasteiger partial charge in [0, 0.05) is 18.0 Å². The van der Waals surface area contributed by atoms with Crippen molar-refractivity contribution in [2.45, 2.75) is 33.1 Å². The molecule has 1 rings (SSSR count). The predicted octanol–water partition coefficient (Wildman–Crippen LogP) is 2.72. The van der Waals surface area contributed by atoms with Crippen molar-refractivity contribution in [1.82, 2.24) is 0 Å². The van der Waals surface area contributed by atoms with E-state index in [0.717, 1.165) is 30.5 Å². The lowest BCUT2D eigenvalue weighted by Crippen LogP contribution is -2.19. The number of aryl methyl sites for hydroxylation is 1. The van der Waals surface area contributed by atoms with Crippen molar-refractivity contribution in [2.75, 3.05) is 24.3 Å². The highest BCUT2D eigenvalue weighted by Crippen LogP contribution is 2.17. The highest BCUT2D eigenvalue weighted by molar-refractivity contribution is 5.92. The fraction of sp³-hybridized carbons (Fsp3) is 0.500. The van der Waals surface area contributed by atoms with E-state index in [9.17, 15) is 4.79 Å². The zero-order valence-corrected chi connectivity index (χ0v) is 11.2. The minimum absolute atomic E-state index is 0.0952. The molecule has 0 heterocycles. The number of amides is 1. The Hall–Kier alpha value is -1.55. The van der Waals surface area contributed by atoms with E-state index in [1.54, 1.807) is 6.07 Å². The normalized spacial score (nSPS) is 10.3. The van der Waals surface area contributed by atoms with Crippen molar-refractivity contribution in [3.63, 3.8) is 0 Å². The molecule has 100 valence electrons. The summed E-state index contributed by atoms with van der Waals surface area (Å²) < 4.78 is 5.30. The standard InChI is InChI=1S/C14H22N2O2/c1-3-4-5-8-18-10-14(17)16-13-9-12(15)7-6-11(13)2/h6-7,9H,3-5,8,10,15H2,1-2H3,(H,16,17). The van der Waals surface area contributed by atoms with Crippen LogP contribution in [0.3, 0.4) is 0 Å². The van der Waals surface area contributed by atoms with Crippen LogP contribution >= 0.6 is 0 Å². The minimum atomic E-state index is -0.139. The molecule has 0 saturated heterocycles. The molecule has 0 fully saturated rings. The van der Waals surface area contributed by atoms with Crippen molar-refractivity contribution < 1.29 is 9.53 Å². The van der Waals surface area contributed by atoms with E-state index in [-0.39, 0.29) is 12.5 Å². The van der Waals surface area contributed by atoms with Crippen LogP contribution in [0.4, 0.5) is 11.4 Å². The summed E-state index contributed by atoms with van der Waals surface area (Å²) in [5, 5.41) is 2.80. The maximum absolute atomic E-state index is 11.6. The number of nitrogens with one attached hydrogen (secondary N) is 1. The van der Waals surface area contributed by atoms with Crippen LogP contribution in [0.1, 0.15) is 31.7 Å². The number of nitrogens with two attached hydrogens (primary N) is 1. The van der Waals surface area contributed by atoms with Gasteiger partial charge in [0.25, 0.3) is 0 Å². The van der Waals surface area contributed by atoms with Gasteiger partial charge in [-0.05, 0) is 31.0 Å². The van der Waals surface area contributed by atoms with E-state index in [4.69, 9.17) is 10.5 Å². The molecule has 0 unspecified atom stereocenters. The SMILES string of the molecule is CCCCCOCC(=O)Nc1cc(N)ccc1C. The maximum Gasteiger partial charge on any atom is 0.250 e. The fourth-order valence-corrected chi connectivity index (χ4v) is 1.58. The van der Waals surface area contributed by atoms with Gasteiger partial charge in [-0.15, -0.1) is 0 Å². The molecule has 0 aliphatic heterocycles. The molecule has 4 nitrogen and oxygen atoms in total. The Bertz CT molecular complexity index is 391. The summed E-state index contributed by atoms with van der Waals surface area (Å²) in [6.07, 6.45) is 3.29. The van der Waals surface area contributed by atoms with Crippen LogP contribution in [0.25, 0.3) is 0 Å². The molecule has 18 heavy (non-hydrogen) atoms. The second-order valence-corrected chi connectivity index (χ2v) is 4.38. The zero-order valence-electron chi connectivity index (χ0n) is 11.2. The topological polar surface area (TPSA) is 64.3 Å². The first kappa shape index (κ1) is 14.5. The molecule has 0 aromatic heterocycles. The fourth-order valence-electron chi connectivity index (χ4n) is 1.58. The second-order valence-electron chi connectivity index (χ2n) is 4.38. The molecule has 3 N–H and O–H groups in total. The molecule has 0 bridgehead atoms. The van der Waals surface area contributed by atoms with Gasteiger partial charge in [-0.25, -0.2) is 0 Å². The molecule has 1 aromatic carbocycles. The number of hydrogen-bond acceptors (Lipinski definition) is 3. The average Bonchev–Trinajstić information content (AvgIpc) is 2.33. The molecule has 0 saturated carbocycles. The first-order valence-electron chi connectivity index (χ1n) is 6.37. The Morgan fingerprint density at radius 1 is 1.39 bits per heavy atom. The lowest BCUT2D eigenvalue weighted by Gasteiger charge is -2.09. The van der Waals surface area contributed by atoms with Gasteiger partial charge in [0.2, 0.25) is 5.91 Å². The Morgan fingerprint density at radius 2 is 2.17 bits per heavy atom. The number of nitrogen functional groups attached to an aromatic ring is 1. The van der Waals surface area contributed by atoms with Gasteiger partial charge < -0.3 is 15.8 Å². The molecule has 4 heteroatoms. The van der Waals surface area contributed by atoms with Crippen LogP contribution in [0.15, 0.2) is 18.2 Å². The summed E-state index contributed by atoms with van der Waals surface area (Å²) in [6, 6.07) is 5.45. The van der Waals surface area contributed by atoms with Crippen LogP contribution < -0.4 is 11.1 Å². The molecule has 0 aliphatic rings. The number of carbonyl (C=O) groups is 1. The summed E-state index contributed by atoms with van der Waals surface area (Å²) in [6.45, 7) is 4.79. The average molecular weight is 250 g/mol. The van der Waals surface area contributed by atoms with Crippen molar-refractivity contribution >= 4 is 17.3 Å². The van der Waals surface area contributed by atoms with Crippen LogP contribution in [-0.2, 0) is 9.53 Å². The highest BCUT2D eigenvalue weighted by Gasteiger charge is 2.05. The van der Waals surface area contributed by atoms with Crippen LogP contribution in [0.2, 0.25) is 0 Å². The molecule has 1 amide bonds. The first-order valence-corrected chi connectivity index (χ1v) is 6.37. The van der Waals surface area contributed by atoms with Crippen molar-refractivity contribution in [3.05, 3.63) is 23.8 Å². The van der Waals surface area contributed by atoms with Crippen molar-refractivity contribution in [1.29, 1.82) is 0 Å². The molecular weight excluding hydrogens is 228 g/mol. The van der Waals surface area contributed by atoms with E-state index in [2.05, 4.69) is 12.2 Å². The summed E-state index contributed by atoms with van der Waals surface area (Å²) in [4.78, 5) is 11.6. The van der Waals surface area contributed by atoms with Gasteiger partial charge in [-0.3, -0.25) is 4.79 Å². The van der Waals surface area contributed by atoms with Crippen LogP contribution in [0, 0.1) is 6.92 Å². The summed E-state index contributed by atoms with van der Waals surface area (Å²) in [7, 11) is 0. The smallest absolute Gasteiger partial charge is 0.250 e. The van der Waals surface area contributed by atoms with Gasteiger partial charge in [0.15, 0.2) is 0 Å². The van der Waals surface area contributed by atoms with E-state index in [1.807, 2.05) is 19.1 Å². The van der Waals surface area contributed by atoms with Gasteiger partial charge in [0.1, 0.15) is 6.61 Å². The number of hydrogen-bond donors (Lipinski definition) is 2. The van der Waals surface area contributed by atoms with Crippen molar-refractivity contribution in [3.8, 4) is 0 Å². The Labute approximate surface area is 109 Å². The molecule has 0 atom stereocenters. The lowest BCUT2D eigenvalue weighted by molar-refractivity contribution is -0.120. The third-order valence-electron chi connectivity index (χ3n) is 2.66. The molecule has 0 aliphatic carbocycles. The third kappa shape index (κ3) is 5.19. The highest BCUT2D eigenvalue weighted by atomic mass is 16.5. The lowest BCUT2D eigenvalue weighted by atomic mass is 10.2. The summed E-state index contributed by atoms with van der Waals surface area (Å²) >= 11 is 0. The second kappa shape index (κ2) is 7.71. The van der Waals surface area contributed by atoms with E-state index in [0.29, 0.717) is 12.3 Å². The van der Waals surface area contributed by atoms with Crippen LogP contribution in [-0.4, -0.2) is 19.1 Å². The third-order valence-corrected chi connectivity index (χ3v) is 2.66. The number of ether oxygens (including phenoxy) is 1. The molecule has 0 radical (unpaired) electrons.